The van der Waals surface area contributed by atoms with E-state index in [4.69, 9.17) is 0 Å². The third-order valence-corrected chi connectivity index (χ3v) is 2.13. The fourth-order valence-corrected chi connectivity index (χ4v) is 1.38. The Labute approximate surface area is 102 Å². The number of rotatable bonds is 2. The third-order valence-electron chi connectivity index (χ3n) is 1.64. The van der Waals surface area contributed by atoms with Gasteiger partial charge in [-0.15, -0.1) is 0 Å². The minimum absolute atomic E-state index is 0.249. The van der Waals surface area contributed by atoms with Crippen LogP contribution in [0.3, 0.4) is 0 Å². The van der Waals surface area contributed by atoms with Crippen molar-refractivity contribution >= 4 is 27.7 Å². The van der Waals surface area contributed by atoms with E-state index in [1.807, 2.05) is 0 Å². The van der Waals surface area contributed by atoms with E-state index < -0.39 is 11.8 Å². The molecule has 0 N–H and O–H groups in total. The first-order valence-corrected chi connectivity index (χ1v) is 5.41. The Bertz CT molecular complexity index is 469. The van der Waals surface area contributed by atoms with Crippen LogP contribution in [-0.4, -0.2) is 18.4 Å². The number of ether oxygens (including phenoxy) is 1. The largest absolute Gasteiger partial charge is 0.456 e. The van der Waals surface area contributed by atoms with Gasteiger partial charge < -0.3 is 4.74 Å². The van der Waals surface area contributed by atoms with Crippen LogP contribution in [0.15, 0.2) is 28.7 Å². The smallest absolute Gasteiger partial charge is 0.384 e. The molecule has 0 fully saturated rings. The Morgan fingerprint density at radius 2 is 2.12 bits per heavy atom. The Hall–Kier alpha value is -1.60. The molecule has 16 heavy (non-hydrogen) atoms. The molecule has 82 valence electrons. The second-order valence-electron chi connectivity index (χ2n) is 2.81. The molecule has 0 saturated carbocycles. The summed E-state index contributed by atoms with van der Waals surface area (Å²) < 4.78 is 5.37. The molecule has 0 saturated heterocycles. The van der Waals surface area contributed by atoms with Gasteiger partial charge in [0.05, 0.1) is 6.61 Å². The van der Waals surface area contributed by atoms with E-state index >= 15 is 0 Å². The summed E-state index contributed by atoms with van der Waals surface area (Å²) in [4.78, 5) is 22.4. The summed E-state index contributed by atoms with van der Waals surface area (Å²) >= 11 is 3.24. The molecule has 0 aliphatic carbocycles. The molecule has 0 radical (unpaired) electrons. The van der Waals surface area contributed by atoms with Crippen molar-refractivity contribution in [3.8, 4) is 11.8 Å². The number of carbonyl (C=O) groups excluding carboxylic acids is 2. The van der Waals surface area contributed by atoms with Crippen LogP contribution in [-0.2, 0) is 9.53 Å². The van der Waals surface area contributed by atoms with E-state index in [0.29, 0.717) is 5.56 Å². The lowest BCUT2D eigenvalue weighted by atomic mass is 10.1. The van der Waals surface area contributed by atoms with E-state index in [9.17, 15) is 9.59 Å². The Balaban J connectivity index is 2.76. The Morgan fingerprint density at radius 1 is 1.38 bits per heavy atom. The number of benzene rings is 1. The SMILES string of the molecule is CCOC(=O)C#CC(=O)c1cccc(Br)c1. The zero-order valence-electron chi connectivity index (χ0n) is 8.62. The second kappa shape index (κ2) is 6.09. The average molecular weight is 281 g/mol. The van der Waals surface area contributed by atoms with Gasteiger partial charge in [0.1, 0.15) is 0 Å². The minimum Gasteiger partial charge on any atom is -0.456 e. The van der Waals surface area contributed by atoms with Crippen LogP contribution in [0.25, 0.3) is 0 Å². The van der Waals surface area contributed by atoms with Gasteiger partial charge in [-0.25, -0.2) is 4.79 Å². The van der Waals surface area contributed by atoms with Crippen LogP contribution in [0.4, 0.5) is 0 Å². The summed E-state index contributed by atoms with van der Waals surface area (Å²) in [7, 11) is 0. The second-order valence-corrected chi connectivity index (χ2v) is 3.73. The molecule has 0 aromatic heterocycles. The topological polar surface area (TPSA) is 43.4 Å². The molecule has 1 aromatic carbocycles. The van der Waals surface area contributed by atoms with E-state index in [1.165, 1.54) is 0 Å². The van der Waals surface area contributed by atoms with Crippen LogP contribution < -0.4 is 0 Å². The molecule has 0 heterocycles. The lowest BCUT2D eigenvalue weighted by Gasteiger charge is -1.94. The maximum atomic E-state index is 11.5. The van der Waals surface area contributed by atoms with E-state index in [1.54, 1.807) is 31.2 Å². The van der Waals surface area contributed by atoms with Gasteiger partial charge in [-0.05, 0) is 25.0 Å². The van der Waals surface area contributed by atoms with Gasteiger partial charge in [0.25, 0.3) is 0 Å². The fourth-order valence-electron chi connectivity index (χ4n) is 0.977. The summed E-state index contributed by atoms with van der Waals surface area (Å²) in [5.41, 5.74) is 0.436. The highest BCUT2D eigenvalue weighted by molar-refractivity contribution is 9.10. The van der Waals surface area contributed by atoms with Gasteiger partial charge in [-0.2, -0.15) is 0 Å². The number of halogens is 1. The lowest BCUT2D eigenvalue weighted by Crippen LogP contribution is -2.02. The molecule has 0 atom stereocenters. The monoisotopic (exact) mass is 280 g/mol. The first kappa shape index (κ1) is 12.5. The molecule has 3 nitrogen and oxygen atoms in total. The van der Waals surface area contributed by atoms with Crippen molar-refractivity contribution < 1.29 is 14.3 Å². The lowest BCUT2D eigenvalue weighted by molar-refractivity contribution is -0.136. The molecular formula is C12H9BrO3. The highest BCUT2D eigenvalue weighted by Gasteiger charge is 2.02. The number of hydrogen-bond acceptors (Lipinski definition) is 3. The normalized spacial score (nSPS) is 8.88. The number of esters is 1. The quantitative estimate of drug-likeness (QED) is 0.274. The summed E-state index contributed by atoms with van der Waals surface area (Å²) in [6.45, 7) is 1.92. The standard InChI is InChI=1S/C12H9BrO3/c1-2-16-12(15)7-6-11(14)9-4-3-5-10(13)8-9/h3-5,8H,2H2,1H3. The molecule has 0 unspecified atom stereocenters. The molecule has 0 bridgehead atoms. The van der Waals surface area contributed by atoms with Crippen LogP contribution in [0.1, 0.15) is 17.3 Å². The van der Waals surface area contributed by atoms with Crippen molar-refractivity contribution in [3.05, 3.63) is 34.3 Å². The van der Waals surface area contributed by atoms with Crippen molar-refractivity contribution in [2.24, 2.45) is 0 Å². The van der Waals surface area contributed by atoms with Gasteiger partial charge in [0, 0.05) is 16.0 Å². The van der Waals surface area contributed by atoms with Gasteiger partial charge in [-0.1, -0.05) is 28.1 Å². The van der Waals surface area contributed by atoms with Crippen LogP contribution >= 0.6 is 15.9 Å². The van der Waals surface area contributed by atoms with Crippen LogP contribution in [0.2, 0.25) is 0 Å². The zero-order valence-corrected chi connectivity index (χ0v) is 10.2. The highest BCUT2D eigenvalue weighted by atomic mass is 79.9. The van der Waals surface area contributed by atoms with Crippen LogP contribution in [0, 0.1) is 11.8 Å². The van der Waals surface area contributed by atoms with E-state index in [-0.39, 0.29) is 6.61 Å². The minimum atomic E-state index is -0.689. The van der Waals surface area contributed by atoms with Gasteiger partial charge in [0.15, 0.2) is 0 Å². The van der Waals surface area contributed by atoms with Gasteiger partial charge in [0.2, 0.25) is 5.78 Å². The van der Waals surface area contributed by atoms with Crippen molar-refractivity contribution in [2.75, 3.05) is 6.61 Å². The molecular weight excluding hydrogens is 272 g/mol. The van der Waals surface area contributed by atoms with Crippen molar-refractivity contribution in [3.63, 3.8) is 0 Å². The summed E-state index contributed by atoms with van der Waals surface area (Å²) in [6.07, 6.45) is 0. The van der Waals surface area contributed by atoms with Crippen molar-refractivity contribution in [1.82, 2.24) is 0 Å². The van der Waals surface area contributed by atoms with E-state index in [2.05, 4.69) is 32.5 Å². The molecule has 0 spiro atoms. The van der Waals surface area contributed by atoms with Crippen molar-refractivity contribution in [2.45, 2.75) is 6.92 Å². The maximum absolute atomic E-state index is 11.5. The number of carbonyl (C=O) groups is 2. The molecule has 1 aromatic rings. The molecule has 1 rings (SSSR count). The van der Waals surface area contributed by atoms with Gasteiger partial charge in [-0.3, -0.25) is 4.79 Å². The fraction of sp³-hybridized carbons (Fsp3) is 0.167. The molecule has 0 aliphatic heterocycles. The molecule has 0 amide bonds. The van der Waals surface area contributed by atoms with Crippen LogP contribution in [0.5, 0.6) is 0 Å². The number of ketones is 1. The first-order valence-electron chi connectivity index (χ1n) is 4.62. The summed E-state index contributed by atoms with van der Waals surface area (Å²) in [5, 5.41) is 0. The molecule has 0 aliphatic rings. The van der Waals surface area contributed by atoms with Gasteiger partial charge >= 0.3 is 5.97 Å². The van der Waals surface area contributed by atoms with Crippen molar-refractivity contribution in [1.29, 1.82) is 0 Å². The first-order chi connectivity index (χ1) is 7.63. The summed E-state index contributed by atoms with van der Waals surface area (Å²) in [5.74, 6) is 3.25. The average Bonchev–Trinajstić information content (AvgIpc) is 2.26. The number of Topliss-reactive ketones (excluding diaryl/α,β-unsaturated/α-hetero) is 1. The summed E-state index contributed by atoms with van der Waals surface area (Å²) in [6, 6.07) is 6.80. The van der Waals surface area contributed by atoms with E-state index in [0.717, 1.165) is 4.47 Å². The maximum Gasteiger partial charge on any atom is 0.384 e. The highest BCUT2D eigenvalue weighted by Crippen LogP contribution is 2.11. The zero-order chi connectivity index (χ0) is 12.0. The Morgan fingerprint density at radius 3 is 2.75 bits per heavy atom. The number of hydrogen-bond donors (Lipinski definition) is 0. The Kier molecular flexibility index (Phi) is 4.74. The third kappa shape index (κ3) is 3.87. The predicted molar refractivity (Wildman–Crippen MR) is 62.9 cm³/mol. The predicted octanol–water partition coefficient (Wildman–Crippen LogP) is 2.20. The molecule has 4 heteroatoms.